The van der Waals surface area contributed by atoms with Crippen LogP contribution in [0.15, 0.2) is 41.3 Å². The van der Waals surface area contributed by atoms with E-state index in [1.165, 1.54) is 24.3 Å². The molecule has 1 saturated heterocycles. The van der Waals surface area contributed by atoms with Crippen molar-refractivity contribution >= 4 is 27.6 Å². The van der Waals surface area contributed by atoms with Gasteiger partial charge in [-0.3, -0.25) is 9.59 Å². The Morgan fingerprint density at radius 2 is 1.65 bits per heavy atom. The number of hydrogen-bond donors (Lipinski definition) is 3. The van der Waals surface area contributed by atoms with Crippen molar-refractivity contribution in [2.75, 3.05) is 5.32 Å². The first-order valence-corrected chi connectivity index (χ1v) is 8.32. The van der Waals surface area contributed by atoms with Crippen LogP contribution in [-0.4, -0.2) is 37.6 Å². The maximum Gasteiger partial charge on any atom is 0.310 e. The molecule has 0 saturated carbocycles. The summed E-state index contributed by atoms with van der Waals surface area (Å²) in [5.74, 6) is -3.35. The van der Waals surface area contributed by atoms with Crippen LogP contribution in [0.5, 0.6) is 0 Å². The number of benzene rings is 1. The van der Waals surface area contributed by atoms with Crippen molar-refractivity contribution in [2.24, 2.45) is 17.0 Å². The zero-order valence-electron chi connectivity index (χ0n) is 11.7. The van der Waals surface area contributed by atoms with Crippen LogP contribution in [0.2, 0.25) is 0 Å². The van der Waals surface area contributed by atoms with Gasteiger partial charge in [0.1, 0.15) is 5.92 Å². The average molecular weight is 338 g/mol. The summed E-state index contributed by atoms with van der Waals surface area (Å²) in [6.45, 7) is 0. The normalized spacial score (nSPS) is 28.7. The molecular formula is C14H14N2O6S. The predicted molar refractivity (Wildman–Crippen MR) is 78.9 cm³/mol. The number of anilines is 1. The lowest BCUT2D eigenvalue weighted by Crippen LogP contribution is -2.39. The van der Waals surface area contributed by atoms with E-state index in [-0.39, 0.29) is 4.90 Å². The van der Waals surface area contributed by atoms with Gasteiger partial charge in [-0.05, 0) is 24.3 Å². The molecule has 0 unspecified atom stereocenters. The molecule has 2 heterocycles. The minimum absolute atomic E-state index is 0.0786. The highest BCUT2D eigenvalue weighted by atomic mass is 32.2. The fourth-order valence-electron chi connectivity index (χ4n) is 2.87. The number of carboxylic acids is 1. The Labute approximate surface area is 132 Å². The number of hydrogen-bond acceptors (Lipinski definition) is 5. The first kappa shape index (κ1) is 15.7. The van der Waals surface area contributed by atoms with E-state index in [4.69, 9.17) is 9.88 Å². The van der Waals surface area contributed by atoms with Crippen LogP contribution in [0.25, 0.3) is 0 Å². The molecule has 4 atom stereocenters. The molecule has 2 aliphatic rings. The second-order valence-electron chi connectivity index (χ2n) is 5.40. The number of fused-ring (bicyclic) bond motifs is 2. The second-order valence-corrected chi connectivity index (χ2v) is 6.96. The van der Waals surface area contributed by atoms with Gasteiger partial charge in [-0.15, -0.1) is 0 Å². The van der Waals surface area contributed by atoms with Gasteiger partial charge in [-0.2, -0.15) is 0 Å². The van der Waals surface area contributed by atoms with Gasteiger partial charge in [0.2, 0.25) is 15.9 Å². The number of rotatable bonds is 4. The monoisotopic (exact) mass is 338 g/mol. The molecule has 2 aliphatic heterocycles. The van der Waals surface area contributed by atoms with Gasteiger partial charge in [-0.25, -0.2) is 13.6 Å². The lowest BCUT2D eigenvalue weighted by Gasteiger charge is -2.21. The third kappa shape index (κ3) is 2.85. The van der Waals surface area contributed by atoms with Gasteiger partial charge in [0.25, 0.3) is 0 Å². The van der Waals surface area contributed by atoms with Crippen LogP contribution in [0.3, 0.4) is 0 Å². The highest BCUT2D eigenvalue weighted by Gasteiger charge is 2.53. The van der Waals surface area contributed by atoms with Gasteiger partial charge in [0, 0.05) is 5.69 Å². The lowest BCUT2D eigenvalue weighted by atomic mass is 9.82. The van der Waals surface area contributed by atoms with Gasteiger partial charge in [0.05, 0.1) is 23.0 Å². The van der Waals surface area contributed by atoms with Crippen molar-refractivity contribution in [3.05, 3.63) is 36.4 Å². The van der Waals surface area contributed by atoms with E-state index in [0.717, 1.165) is 0 Å². The zero-order chi connectivity index (χ0) is 16.8. The first-order valence-electron chi connectivity index (χ1n) is 6.78. The molecule has 2 bridgehead atoms. The van der Waals surface area contributed by atoms with Crippen LogP contribution < -0.4 is 10.5 Å². The van der Waals surface area contributed by atoms with E-state index < -0.39 is 45.9 Å². The highest BCUT2D eigenvalue weighted by Crippen LogP contribution is 2.39. The van der Waals surface area contributed by atoms with Crippen molar-refractivity contribution in [1.29, 1.82) is 0 Å². The summed E-state index contributed by atoms with van der Waals surface area (Å²) in [5, 5.41) is 16.8. The van der Waals surface area contributed by atoms with Crippen molar-refractivity contribution in [2.45, 2.75) is 17.1 Å². The number of nitrogens with one attached hydrogen (secondary N) is 1. The van der Waals surface area contributed by atoms with Crippen LogP contribution in [0.1, 0.15) is 0 Å². The number of ether oxygens (including phenoxy) is 1. The number of aliphatic carboxylic acids is 1. The summed E-state index contributed by atoms with van der Waals surface area (Å²) in [5.41, 5.74) is 0.346. The Kier molecular flexibility index (Phi) is 3.71. The number of carboxylic acid groups (broad SMARTS) is 1. The van der Waals surface area contributed by atoms with Gasteiger partial charge in [-0.1, -0.05) is 12.2 Å². The van der Waals surface area contributed by atoms with E-state index in [1.54, 1.807) is 12.2 Å². The van der Waals surface area contributed by atoms with Crippen LogP contribution in [0.4, 0.5) is 5.69 Å². The fourth-order valence-corrected chi connectivity index (χ4v) is 3.38. The SMILES string of the molecule is NS(=O)(=O)c1ccc(NC(=O)[C@H]2[C@H](C(=O)O)[C@H]3C=C[C@H]2O3)cc1. The molecule has 0 spiro atoms. The Bertz CT molecular complexity index is 786. The fraction of sp³-hybridized carbons (Fsp3) is 0.286. The molecule has 122 valence electrons. The van der Waals surface area contributed by atoms with Crippen molar-refractivity contribution in [3.8, 4) is 0 Å². The number of carbonyl (C=O) groups is 2. The summed E-state index contributed by atoms with van der Waals surface area (Å²) >= 11 is 0. The highest BCUT2D eigenvalue weighted by molar-refractivity contribution is 7.89. The third-order valence-electron chi connectivity index (χ3n) is 3.94. The molecule has 9 heteroatoms. The van der Waals surface area contributed by atoms with Gasteiger partial charge < -0.3 is 15.2 Å². The summed E-state index contributed by atoms with van der Waals surface area (Å²) in [6, 6.07) is 5.29. The Hall–Kier alpha value is -2.23. The molecule has 3 rings (SSSR count). The third-order valence-corrected chi connectivity index (χ3v) is 4.87. The first-order chi connectivity index (χ1) is 10.8. The van der Waals surface area contributed by atoms with Gasteiger partial charge in [0.15, 0.2) is 0 Å². The molecule has 1 aromatic rings. The Morgan fingerprint density at radius 1 is 1.09 bits per heavy atom. The molecule has 0 aromatic heterocycles. The standard InChI is InChI=1S/C14H14N2O6S/c15-23(20,21)8-3-1-7(2-4-8)16-13(17)11-9-5-6-10(22-9)12(11)14(18)19/h1-6,9-12H,(H,16,17)(H,18,19)(H2,15,20,21)/t9-,10-,11-,12-/m1/s1. The molecule has 1 amide bonds. The summed E-state index contributed by atoms with van der Waals surface area (Å²) in [6.07, 6.45) is 2.16. The molecule has 1 fully saturated rings. The van der Waals surface area contributed by atoms with Crippen molar-refractivity contribution in [3.63, 3.8) is 0 Å². The number of carbonyl (C=O) groups excluding carboxylic acids is 1. The van der Waals surface area contributed by atoms with Gasteiger partial charge >= 0.3 is 5.97 Å². The minimum Gasteiger partial charge on any atom is -0.481 e. The summed E-state index contributed by atoms with van der Waals surface area (Å²) < 4.78 is 27.8. The Balaban J connectivity index is 1.77. The molecule has 1 aromatic carbocycles. The Morgan fingerprint density at radius 3 is 2.17 bits per heavy atom. The zero-order valence-corrected chi connectivity index (χ0v) is 12.6. The van der Waals surface area contributed by atoms with E-state index >= 15 is 0 Å². The molecule has 4 N–H and O–H groups in total. The summed E-state index contributed by atoms with van der Waals surface area (Å²) in [4.78, 5) is 23.6. The predicted octanol–water partition coefficient (Wildman–Crippen LogP) is -0.0733. The quantitative estimate of drug-likeness (QED) is 0.657. The molecule has 23 heavy (non-hydrogen) atoms. The topological polar surface area (TPSA) is 136 Å². The van der Waals surface area contributed by atoms with Crippen LogP contribution in [0, 0.1) is 11.8 Å². The number of sulfonamides is 1. The largest absolute Gasteiger partial charge is 0.481 e. The van der Waals surface area contributed by atoms with E-state index in [1.807, 2.05) is 0 Å². The van der Waals surface area contributed by atoms with Crippen LogP contribution in [-0.2, 0) is 24.3 Å². The van der Waals surface area contributed by atoms with Crippen molar-refractivity contribution < 1.29 is 27.9 Å². The maximum absolute atomic E-state index is 12.4. The summed E-state index contributed by atoms with van der Waals surface area (Å²) in [7, 11) is -3.81. The smallest absolute Gasteiger partial charge is 0.310 e. The van der Waals surface area contributed by atoms with Crippen molar-refractivity contribution in [1.82, 2.24) is 0 Å². The average Bonchev–Trinajstić information content (AvgIpc) is 3.07. The van der Waals surface area contributed by atoms with Crippen LogP contribution >= 0.6 is 0 Å². The van der Waals surface area contributed by atoms with E-state index in [9.17, 15) is 23.1 Å². The molecule has 0 aliphatic carbocycles. The van der Waals surface area contributed by atoms with E-state index in [2.05, 4.69) is 5.32 Å². The molecular weight excluding hydrogens is 324 g/mol. The molecule has 0 radical (unpaired) electrons. The maximum atomic E-state index is 12.4. The number of primary sulfonamides is 1. The number of nitrogens with two attached hydrogens (primary N) is 1. The lowest BCUT2D eigenvalue weighted by molar-refractivity contribution is -0.145. The second kappa shape index (κ2) is 5.44. The van der Waals surface area contributed by atoms with E-state index in [0.29, 0.717) is 5.69 Å². The number of amides is 1. The minimum atomic E-state index is -3.81. The molecule has 8 nitrogen and oxygen atoms in total.